The molecular formula is C14H18NO4S-. The molecule has 0 aromatic heterocycles. The molecule has 1 aliphatic rings. The first-order valence-electron chi connectivity index (χ1n) is 6.68. The molecule has 1 aromatic carbocycles. The fraction of sp³-hybridized carbons (Fsp3) is 0.500. The molecule has 5 nitrogen and oxygen atoms in total. The van der Waals surface area contributed by atoms with Crippen LogP contribution in [0.25, 0.3) is 0 Å². The summed E-state index contributed by atoms with van der Waals surface area (Å²) in [5.74, 6) is -1.07. The first-order chi connectivity index (χ1) is 9.49. The van der Waals surface area contributed by atoms with Crippen LogP contribution >= 0.6 is 0 Å². The highest BCUT2D eigenvalue weighted by molar-refractivity contribution is 7.80. The number of hydrogen-bond acceptors (Lipinski definition) is 3. The van der Waals surface area contributed by atoms with E-state index in [9.17, 15) is 18.7 Å². The van der Waals surface area contributed by atoms with Crippen molar-refractivity contribution in [3.8, 4) is 0 Å². The Labute approximate surface area is 121 Å². The van der Waals surface area contributed by atoms with E-state index in [2.05, 4.69) is 0 Å². The summed E-state index contributed by atoms with van der Waals surface area (Å²) in [4.78, 5) is 11.8. The van der Waals surface area contributed by atoms with E-state index < -0.39 is 22.8 Å². The van der Waals surface area contributed by atoms with Gasteiger partial charge in [-0.05, 0) is 31.4 Å². The number of nitrogens with zero attached hydrogens (tertiary/aromatic N) is 1. The average molecular weight is 296 g/mol. The summed E-state index contributed by atoms with van der Waals surface area (Å²) >= 11 is -2.62. The zero-order valence-corrected chi connectivity index (χ0v) is 12.2. The minimum absolute atomic E-state index is 0.352. The van der Waals surface area contributed by atoms with Crippen molar-refractivity contribution in [1.82, 2.24) is 0 Å². The molecule has 1 saturated carbocycles. The van der Waals surface area contributed by atoms with E-state index in [-0.39, 0.29) is 0 Å². The number of aliphatic carboxylic acids is 1. The normalized spacial score (nSPS) is 19.3. The van der Waals surface area contributed by atoms with Crippen molar-refractivity contribution in [2.45, 2.75) is 44.6 Å². The first-order valence-corrected chi connectivity index (χ1v) is 7.71. The fourth-order valence-electron chi connectivity index (χ4n) is 2.89. The molecule has 0 bridgehead atoms. The van der Waals surface area contributed by atoms with Crippen LogP contribution in [-0.4, -0.2) is 25.4 Å². The Hall–Kier alpha value is -1.40. The van der Waals surface area contributed by atoms with E-state index in [1.165, 1.54) is 0 Å². The van der Waals surface area contributed by atoms with E-state index in [0.717, 1.165) is 29.1 Å². The number of hydrogen-bond donors (Lipinski definition) is 1. The molecule has 2 rings (SSSR count). The molecule has 0 spiro atoms. The molecule has 1 fully saturated rings. The Kier molecular flexibility index (Phi) is 4.45. The molecule has 0 amide bonds. The number of benzene rings is 1. The predicted octanol–water partition coefficient (Wildman–Crippen LogP) is 2.38. The molecule has 6 heteroatoms. The smallest absolute Gasteiger partial charge is 0.330 e. The average Bonchev–Trinajstić information content (AvgIpc) is 2.42. The second-order valence-electron chi connectivity index (χ2n) is 5.20. The summed E-state index contributed by atoms with van der Waals surface area (Å²) in [6.07, 6.45) is 3.11. The number of carbonyl (C=O) groups is 1. The number of aryl methyl sites for hydroxylation is 1. The first kappa shape index (κ1) is 15.0. The summed E-state index contributed by atoms with van der Waals surface area (Å²) in [7, 11) is 0. The summed E-state index contributed by atoms with van der Waals surface area (Å²) in [5.41, 5.74) is -0.148. The topological polar surface area (TPSA) is 80.7 Å². The third-order valence-corrected chi connectivity index (χ3v) is 4.80. The Balaban J connectivity index is 2.54. The number of carboxylic acids is 1. The van der Waals surface area contributed by atoms with Crippen LogP contribution in [0.5, 0.6) is 0 Å². The highest BCUT2D eigenvalue weighted by Crippen LogP contribution is 2.39. The summed E-state index contributed by atoms with van der Waals surface area (Å²) in [6.45, 7) is 1.79. The lowest BCUT2D eigenvalue weighted by Crippen LogP contribution is -2.57. The number of para-hydroxylation sites is 1. The van der Waals surface area contributed by atoms with Crippen molar-refractivity contribution in [3.63, 3.8) is 0 Å². The van der Waals surface area contributed by atoms with Gasteiger partial charge in [-0.25, -0.2) is 4.79 Å². The van der Waals surface area contributed by atoms with Gasteiger partial charge in [0.2, 0.25) is 0 Å². The molecular weight excluding hydrogens is 278 g/mol. The lowest BCUT2D eigenvalue weighted by atomic mass is 9.81. The zero-order valence-electron chi connectivity index (χ0n) is 11.4. The molecule has 0 radical (unpaired) electrons. The van der Waals surface area contributed by atoms with Crippen molar-refractivity contribution >= 4 is 22.9 Å². The van der Waals surface area contributed by atoms with Crippen LogP contribution in [0, 0.1) is 6.92 Å². The molecule has 0 saturated heterocycles. The maximum atomic E-state index is 11.8. The van der Waals surface area contributed by atoms with Gasteiger partial charge in [0.1, 0.15) is 5.54 Å². The van der Waals surface area contributed by atoms with Gasteiger partial charge in [-0.2, -0.15) is 0 Å². The minimum atomic E-state index is -2.62. The zero-order chi connectivity index (χ0) is 14.8. The van der Waals surface area contributed by atoms with Crippen LogP contribution in [-0.2, 0) is 16.1 Å². The van der Waals surface area contributed by atoms with Crippen LogP contribution in [0.1, 0.15) is 37.7 Å². The third-order valence-electron chi connectivity index (χ3n) is 3.95. The van der Waals surface area contributed by atoms with Gasteiger partial charge in [-0.15, -0.1) is 0 Å². The molecule has 1 N–H and O–H groups in total. The number of carboxylic acid groups (broad SMARTS) is 1. The molecule has 0 heterocycles. The van der Waals surface area contributed by atoms with Gasteiger partial charge < -0.3 is 9.66 Å². The molecule has 1 aromatic rings. The summed E-state index contributed by atoms with van der Waals surface area (Å²) < 4.78 is 24.5. The molecule has 1 aliphatic carbocycles. The molecule has 1 unspecified atom stereocenters. The quantitative estimate of drug-likeness (QED) is 0.865. The standard InChI is InChI=1S/C14H19NO4S/c1-11-7-3-4-8-12(11)15(20(18)19)14(13(16)17)9-5-2-6-10-14/h3-4,7-8H,2,5-6,9-10H2,1H3,(H,16,17)(H,18,19)/p-1. The lowest BCUT2D eigenvalue weighted by molar-refractivity contribution is -0.144. The van der Waals surface area contributed by atoms with Crippen LogP contribution in [0.3, 0.4) is 0 Å². The second kappa shape index (κ2) is 5.93. The minimum Gasteiger partial charge on any atom is -0.755 e. The highest BCUT2D eigenvalue weighted by Gasteiger charge is 2.46. The van der Waals surface area contributed by atoms with Crippen LogP contribution in [0.4, 0.5) is 5.69 Å². The second-order valence-corrected chi connectivity index (χ2v) is 5.99. The summed E-state index contributed by atoms with van der Waals surface area (Å²) in [5, 5.41) is 9.65. The number of anilines is 1. The van der Waals surface area contributed by atoms with Gasteiger partial charge in [-0.3, -0.25) is 8.51 Å². The molecule has 110 valence electrons. The van der Waals surface area contributed by atoms with Crippen molar-refractivity contribution in [1.29, 1.82) is 0 Å². The van der Waals surface area contributed by atoms with Gasteiger partial charge in [0.25, 0.3) is 0 Å². The lowest BCUT2D eigenvalue weighted by Gasteiger charge is -2.45. The van der Waals surface area contributed by atoms with Gasteiger partial charge in [0, 0.05) is 11.3 Å². The van der Waals surface area contributed by atoms with Gasteiger partial charge in [0.05, 0.1) is 5.69 Å². The van der Waals surface area contributed by atoms with Crippen LogP contribution < -0.4 is 4.31 Å². The van der Waals surface area contributed by atoms with Gasteiger partial charge in [-0.1, -0.05) is 37.5 Å². The molecule has 1 atom stereocenters. The third kappa shape index (κ3) is 2.58. The van der Waals surface area contributed by atoms with Gasteiger partial charge >= 0.3 is 5.97 Å². The number of rotatable bonds is 4. The van der Waals surface area contributed by atoms with E-state index in [0.29, 0.717) is 18.5 Å². The summed E-state index contributed by atoms with van der Waals surface area (Å²) in [6, 6.07) is 6.97. The fourth-order valence-corrected chi connectivity index (χ4v) is 3.80. The highest BCUT2D eigenvalue weighted by atomic mass is 32.2. The maximum Gasteiger partial charge on any atom is 0.330 e. The van der Waals surface area contributed by atoms with E-state index in [4.69, 9.17) is 0 Å². The molecule has 20 heavy (non-hydrogen) atoms. The van der Waals surface area contributed by atoms with E-state index in [1.54, 1.807) is 31.2 Å². The van der Waals surface area contributed by atoms with Crippen LogP contribution in [0.15, 0.2) is 24.3 Å². The Bertz CT molecular complexity index is 526. The van der Waals surface area contributed by atoms with E-state index in [1.807, 2.05) is 0 Å². The SMILES string of the molecule is Cc1ccccc1N(S(=O)[O-])C1(C(=O)O)CCCCC1. The Morgan fingerprint density at radius 1 is 1.30 bits per heavy atom. The molecule has 0 aliphatic heterocycles. The van der Waals surface area contributed by atoms with Crippen molar-refractivity contribution in [2.75, 3.05) is 4.31 Å². The maximum absolute atomic E-state index is 11.8. The Morgan fingerprint density at radius 3 is 2.40 bits per heavy atom. The van der Waals surface area contributed by atoms with Crippen molar-refractivity contribution in [2.24, 2.45) is 0 Å². The Morgan fingerprint density at radius 2 is 1.90 bits per heavy atom. The van der Waals surface area contributed by atoms with Crippen LogP contribution in [0.2, 0.25) is 0 Å². The largest absolute Gasteiger partial charge is 0.755 e. The van der Waals surface area contributed by atoms with Crippen molar-refractivity contribution in [3.05, 3.63) is 29.8 Å². The predicted molar refractivity (Wildman–Crippen MR) is 76.0 cm³/mol. The van der Waals surface area contributed by atoms with Crippen molar-refractivity contribution < 1.29 is 18.7 Å². The van der Waals surface area contributed by atoms with Gasteiger partial charge in [0.15, 0.2) is 0 Å². The monoisotopic (exact) mass is 296 g/mol. The van der Waals surface area contributed by atoms with E-state index >= 15 is 0 Å².